The predicted molar refractivity (Wildman–Crippen MR) is 102 cm³/mol. The minimum absolute atomic E-state index is 0.153. The standard InChI is InChI=1S/C21H20N4O/c1-14-7-5-6-10-17(14)23-19-13-18(21(26)22-16-11-12-16)24-20(25-19)15-8-3-2-4-9-15/h2-10,13,16H,11-12H2,1H3,(H,22,26)(H,23,24,25). The van der Waals surface area contributed by atoms with Gasteiger partial charge in [-0.2, -0.15) is 0 Å². The molecule has 130 valence electrons. The quantitative estimate of drug-likeness (QED) is 0.732. The molecule has 26 heavy (non-hydrogen) atoms. The summed E-state index contributed by atoms with van der Waals surface area (Å²) in [6.45, 7) is 2.03. The fraction of sp³-hybridized carbons (Fsp3) is 0.190. The maximum Gasteiger partial charge on any atom is 0.270 e. The highest BCUT2D eigenvalue weighted by Gasteiger charge is 2.25. The molecular formula is C21H20N4O. The maximum atomic E-state index is 12.5. The van der Waals surface area contributed by atoms with Crippen molar-refractivity contribution in [3.8, 4) is 11.4 Å². The summed E-state index contributed by atoms with van der Waals surface area (Å²) in [7, 11) is 0. The van der Waals surface area contributed by atoms with Gasteiger partial charge < -0.3 is 10.6 Å². The van der Waals surface area contributed by atoms with Gasteiger partial charge in [-0.3, -0.25) is 4.79 Å². The van der Waals surface area contributed by atoms with E-state index in [9.17, 15) is 4.79 Å². The van der Waals surface area contributed by atoms with E-state index in [1.165, 1.54) is 0 Å². The summed E-state index contributed by atoms with van der Waals surface area (Å²) in [6, 6.07) is 19.7. The van der Waals surface area contributed by atoms with Crippen LogP contribution >= 0.6 is 0 Å². The van der Waals surface area contributed by atoms with Crippen molar-refractivity contribution in [1.29, 1.82) is 0 Å². The minimum atomic E-state index is -0.153. The van der Waals surface area contributed by atoms with Crippen LogP contribution in [0, 0.1) is 6.92 Å². The Labute approximate surface area is 152 Å². The van der Waals surface area contributed by atoms with E-state index >= 15 is 0 Å². The molecule has 5 nitrogen and oxygen atoms in total. The van der Waals surface area contributed by atoms with Gasteiger partial charge in [0, 0.05) is 23.4 Å². The highest BCUT2D eigenvalue weighted by molar-refractivity contribution is 5.94. The van der Waals surface area contributed by atoms with Crippen molar-refractivity contribution in [3.63, 3.8) is 0 Å². The Morgan fingerprint density at radius 1 is 1.00 bits per heavy atom. The molecule has 1 saturated carbocycles. The predicted octanol–water partition coefficient (Wildman–Crippen LogP) is 4.09. The highest BCUT2D eigenvalue weighted by Crippen LogP contribution is 2.24. The highest BCUT2D eigenvalue weighted by atomic mass is 16.2. The average molecular weight is 344 g/mol. The van der Waals surface area contributed by atoms with Crippen LogP contribution in [0.5, 0.6) is 0 Å². The van der Waals surface area contributed by atoms with Crippen LogP contribution in [-0.2, 0) is 0 Å². The largest absolute Gasteiger partial charge is 0.348 e. The van der Waals surface area contributed by atoms with Crippen LogP contribution < -0.4 is 10.6 Å². The molecule has 0 saturated heterocycles. The molecule has 0 unspecified atom stereocenters. The molecule has 3 aromatic rings. The summed E-state index contributed by atoms with van der Waals surface area (Å²) in [5.74, 6) is 0.985. The number of aromatic nitrogens is 2. The Morgan fingerprint density at radius 2 is 1.73 bits per heavy atom. The Balaban J connectivity index is 1.72. The molecule has 1 heterocycles. The summed E-state index contributed by atoms with van der Waals surface area (Å²) in [4.78, 5) is 21.6. The number of rotatable bonds is 5. The lowest BCUT2D eigenvalue weighted by atomic mass is 10.2. The second kappa shape index (κ2) is 6.96. The van der Waals surface area contributed by atoms with Crippen molar-refractivity contribution < 1.29 is 4.79 Å². The maximum absolute atomic E-state index is 12.5. The van der Waals surface area contributed by atoms with Crippen LogP contribution in [0.1, 0.15) is 28.9 Å². The normalized spacial score (nSPS) is 13.3. The van der Waals surface area contributed by atoms with E-state index in [0.29, 0.717) is 17.3 Å². The zero-order valence-corrected chi connectivity index (χ0v) is 14.6. The fourth-order valence-corrected chi connectivity index (χ4v) is 2.68. The number of hydrogen-bond acceptors (Lipinski definition) is 4. The molecule has 0 radical (unpaired) electrons. The van der Waals surface area contributed by atoms with E-state index in [0.717, 1.165) is 29.7 Å². The summed E-state index contributed by atoms with van der Waals surface area (Å²) in [5.41, 5.74) is 3.32. The van der Waals surface area contributed by atoms with Crippen LogP contribution in [0.25, 0.3) is 11.4 Å². The van der Waals surface area contributed by atoms with Gasteiger partial charge in [-0.15, -0.1) is 0 Å². The Bertz CT molecular complexity index is 936. The van der Waals surface area contributed by atoms with Crippen molar-refractivity contribution in [1.82, 2.24) is 15.3 Å². The molecule has 1 aliphatic rings. The number of aryl methyl sites for hydroxylation is 1. The molecule has 0 aliphatic heterocycles. The van der Waals surface area contributed by atoms with E-state index in [-0.39, 0.29) is 11.9 Å². The second-order valence-electron chi connectivity index (χ2n) is 6.52. The van der Waals surface area contributed by atoms with Gasteiger partial charge >= 0.3 is 0 Å². The van der Waals surface area contributed by atoms with Crippen LogP contribution in [0.3, 0.4) is 0 Å². The molecule has 1 aromatic heterocycles. The SMILES string of the molecule is Cc1ccccc1Nc1cc(C(=O)NC2CC2)nc(-c2ccccc2)n1. The number of carbonyl (C=O) groups excluding carboxylic acids is 1. The third kappa shape index (κ3) is 3.72. The summed E-state index contributed by atoms with van der Waals surface area (Å²) in [5, 5.41) is 6.31. The third-order valence-electron chi connectivity index (χ3n) is 4.31. The van der Waals surface area contributed by atoms with Gasteiger partial charge in [0.15, 0.2) is 5.82 Å². The Hall–Kier alpha value is -3.21. The number of para-hydroxylation sites is 1. The molecular weight excluding hydrogens is 324 g/mol. The van der Waals surface area contributed by atoms with Crippen molar-refractivity contribution in [2.75, 3.05) is 5.32 Å². The van der Waals surface area contributed by atoms with Gasteiger partial charge in [0.05, 0.1) is 0 Å². The molecule has 0 spiro atoms. The fourth-order valence-electron chi connectivity index (χ4n) is 2.68. The average Bonchev–Trinajstić information content (AvgIpc) is 3.48. The monoisotopic (exact) mass is 344 g/mol. The first-order valence-electron chi connectivity index (χ1n) is 8.77. The second-order valence-corrected chi connectivity index (χ2v) is 6.52. The first-order valence-corrected chi connectivity index (χ1v) is 8.77. The molecule has 4 rings (SSSR count). The van der Waals surface area contributed by atoms with Crippen molar-refractivity contribution in [2.45, 2.75) is 25.8 Å². The topological polar surface area (TPSA) is 66.9 Å². The molecule has 2 N–H and O–H groups in total. The number of benzene rings is 2. The third-order valence-corrected chi connectivity index (χ3v) is 4.31. The van der Waals surface area contributed by atoms with E-state index in [4.69, 9.17) is 0 Å². The zero-order chi connectivity index (χ0) is 17.9. The molecule has 1 amide bonds. The van der Waals surface area contributed by atoms with Gasteiger partial charge in [-0.1, -0.05) is 48.5 Å². The Morgan fingerprint density at radius 3 is 2.46 bits per heavy atom. The molecule has 0 atom stereocenters. The minimum Gasteiger partial charge on any atom is -0.348 e. The van der Waals surface area contributed by atoms with Gasteiger partial charge in [0.25, 0.3) is 5.91 Å². The molecule has 5 heteroatoms. The van der Waals surface area contributed by atoms with E-state index in [1.807, 2.05) is 61.5 Å². The van der Waals surface area contributed by atoms with Crippen molar-refractivity contribution in [2.24, 2.45) is 0 Å². The van der Waals surface area contributed by atoms with Gasteiger partial charge in [0.2, 0.25) is 0 Å². The van der Waals surface area contributed by atoms with Crippen LogP contribution in [0.2, 0.25) is 0 Å². The molecule has 2 aromatic carbocycles. The lowest BCUT2D eigenvalue weighted by Gasteiger charge is -2.12. The van der Waals surface area contributed by atoms with Crippen molar-refractivity contribution in [3.05, 3.63) is 71.9 Å². The number of nitrogens with zero attached hydrogens (tertiary/aromatic N) is 2. The summed E-state index contributed by atoms with van der Waals surface area (Å²) in [6.07, 6.45) is 2.08. The number of anilines is 2. The number of carbonyl (C=O) groups is 1. The van der Waals surface area contributed by atoms with Crippen LogP contribution in [-0.4, -0.2) is 21.9 Å². The summed E-state index contributed by atoms with van der Waals surface area (Å²) >= 11 is 0. The molecule has 1 fully saturated rings. The van der Waals surface area contributed by atoms with Gasteiger partial charge in [-0.05, 0) is 31.4 Å². The van der Waals surface area contributed by atoms with E-state index in [1.54, 1.807) is 6.07 Å². The lowest BCUT2D eigenvalue weighted by Crippen LogP contribution is -2.26. The summed E-state index contributed by atoms with van der Waals surface area (Å²) < 4.78 is 0. The first kappa shape index (κ1) is 16.3. The smallest absolute Gasteiger partial charge is 0.270 e. The number of amides is 1. The zero-order valence-electron chi connectivity index (χ0n) is 14.6. The van der Waals surface area contributed by atoms with Gasteiger partial charge in [-0.25, -0.2) is 9.97 Å². The van der Waals surface area contributed by atoms with Crippen LogP contribution in [0.4, 0.5) is 11.5 Å². The van der Waals surface area contributed by atoms with Gasteiger partial charge in [0.1, 0.15) is 11.5 Å². The lowest BCUT2D eigenvalue weighted by molar-refractivity contribution is 0.0946. The number of hydrogen-bond donors (Lipinski definition) is 2. The van der Waals surface area contributed by atoms with Crippen molar-refractivity contribution >= 4 is 17.4 Å². The van der Waals surface area contributed by atoms with E-state index in [2.05, 4.69) is 20.6 Å². The van der Waals surface area contributed by atoms with E-state index < -0.39 is 0 Å². The molecule has 1 aliphatic carbocycles. The van der Waals surface area contributed by atoms with Crippen LogP contribution in [0.15, 0.2) is 60.7 Å². The number of nitrogens with one attached hydrogen (secondary N) is 2. The Kier molecular flexibility index (Phi) is 4.35. The molecule has 0 bridgehead atoms. The first-order chi connectivity index (χ1) is 12.7.